The second-order valence-corrected chi connectivity index (χ2v) is 7.99. The third-order valence-corrected chi connectivity index (χ3v) is 5.92. The van der Waals surface area contributed by atoms with Gasteiger partial charge in [0.25, 0.3) is 5.56 Å². The van der Waals surface area contributed by atoms with Crippen molar-refractivity contribution in [2.24, 2.45) is 5.73 Å². The van der Waals surface area contributed by atoms with Gasteiger partial charge in [-0.05, 0) is 38.3 Å². The minimum absolute atomic E-state index is 0.276. The molecule has 1 aromatic carbocycles. The Morgan fingerprint density at radius 3 is 2.71 bits per heavy atom. The molecule has 1 aromatic heterocycles. The molecule has 28 heavy (non-hydrogen) atoms. The monoisotopic (exact) mass is 430 g/mol. The average molecular weight is 431 g/mol. The fourth-order valence-corrected chi connectivity index (χ4v) is 4.04. The van der Waals surface area contributed by atoms with Crippen molar-refractivity contribution >= 4 is 29.0 Å². The third kappa shape index (κ3) is 4.47. The van der Waals surface area contributed by atoms with E-state index in [-0.39, 0.29) is 17.0 Å². The van der Waals surface area contributed by atoms with Crippen molar-refractivity contribution in [3.05, 3.63) is 50.5 Å². The summed E-state index contributed by atoms with van der Waals surface area (Å²) in [5.74, 6) is 0.973. The highest BCUT2D eigenvalue weighted by Gasteiger charge is 2.32. The number of alkyl halides is 2. The number of hydrogen-bond donors (Lipinski definition) is 1. The molecular weight excluding hydrogens is 409 g/mol. The smallest absolute Gasteiger partial charge is 0.260 e. The maximum absolute atomic E-state index is 12.8. The first kappa shape index (κ1) is 21.0. The number of benzene rings is 1. The minimum Gasteiger partial charge on any atom is -0.356 e. The molecule has 1 saturated heterocycles. The zero-order valence-electron chi connectivity index (χ0n) is 15.5. The van der Waals surface area contributed by atoms with E-state index in [2.05, 4.69) is 4.98 Å². The summed E-state index contributed by atoms with van der Waals surface area (Å²) in [5, 5.41) is 0.624. The molecule has 0 radical (unpaired) electrons. The topological polar surface area (TPSA) is 64.2 Å². The van der Waals surface area contributed by atoms with Crippen LogP contribution in [0.1, 0.15) is 31.5 Å². The lowest BCUT2D eigenvalue weighted by molar-refractivity contribution is 0.0999. The van der Waals surface area contributed by atoms with Gasteiger partial charge in [0.2, 0.25) is 6.43 Å². The van der Waals surface area contributed by atoms with E-state index in [4.69, 9.17) is 28.9 Å². The zero-order chi connectivity index (χ0) is 20.5. The molecule has 3 rings (SSSR count). The summed E-state index contributed by atoms with van der Waals surface area (Å²) < 4.78 is 27.0. The molecular formula is C19H22Cl2F2N4O. The highest BCUT2D eigenvalue weighted by Crippen LogP contribution is 2.30. The molecule has 0 saturated carbocycles. The lowest BCUT2D eigenvalue weighted by atomic mass is 9.88. The first-order valence-corrected chi connectivity index (χ1v) is 9.83. The summed E-state index contributed by atoms with van der Waals surface area (Å²) >= 11 is 12.3. The van der Waals surface area contributed by atoms with Gasteiger partial charge in [-0.3, -0.25) is 9.36 Å². The SMILES string of the molecule is Cc1nc(N2CCC[C@@](N)(CC(F)F)CC2)cc(=O)n1-c1cccc(Cl)c1Cl. The number of aromatic nitrogens is 2. The van der Waals surface area contributed by atoms with Crippen LogP contribution in [0.5, 0.6) is 0 Å². The van der Waals surface area contributed by atoms with Crippen LogP contribution < -0.4 is 16.2 Å². The molecule has 152 valence electrons. The van der Waals surface area contributed by atoms with E-state index in [1.807, 2.05) is 4.90 Å². The largest absolute Gasteiger partial charge is 0.356 e. The Morgan fingerprint density at radius 2 is 2.04 bits per heavy atom. The number of hydrogen-bond acceptors (Lipinski definition) is 4. The molecule has 0 bridgehead atoms. The van der Waals surface area contributed by atoms with E-state index >= 15 is 0 Å². The fourth-order valence-electron chi connectivity index (χ4n) is 3.66. The molecule has 1 fully saturated rings. The van der Waals surface area contributed by atoms with Gasteiger partial charge in [0, 0.05) is 31.1 Å². The summed E-state index contributed by atoms with van der Waals surface area (Å²) in [5.41, 5.74) is 5.46. The van der Waals surface area contributed by atoms with E-state index in [0.29, 0.717) is 54.7 Å². The summed E-state index contributed by atoms with van der Waals surface area (Å²) in [6, 6.07) is 6.48. The van der Waals surface area contributed by atoms with Gasteiger partial charge in [-0.2, -0.15) is 0 Å². The first-order chi connectivity index (χ1) is 13.2. The summed E-state index contributed by atoms with van der Waals surface area (Å²) in [4.78, 5) is 19.3. The van der Waals surface area contributed by atoms with Crippen LogP contribution in [0.15, 0.2) is 29.1 Å². The zero-order valence-corrected chi connectivity index (χ0v) is 17.0. The molecule has 1 aliphatic heterocycles. The second-order valence-electron chi connectivity index (χ2n) is 7.21. The molecule has 5 nitrogen and oxygen atoms in total. The Hall–Kier alpha value is -1.70. The quantitative estimate of drug-likeness (QED) is 0.789. The van der Waals surface area contributed by atoms with E-state index in [1.54, 1.807) is 25.1 Å². The molecule has 1 aliphatic rings. The molecule has 0 aliphatic carbocycles. The van der Waals surface area contributed by atoms with Crippen LogP contribution in [0.3, 0.4) is 0 Å². The molecule has 2 heterocycles. The van der Waals surface area contributed by atoms with Gasteiger partial charge in [0.15, 0.2) is 0 Å². The van der Waals surface area contributed by atoms with E-state index in [0.717, 1.165) is 0 Å². The average Bonchev–Trinajstić information content (AvgIpc) is 2.79. The van der Waals surface area contributed by atoms with Gasteiger partial charge < -0.3 is 10.6 Å². The lowest BCUT2D eigenvalue weighted by Gasteiger charge is -2.28. The van der Waals surface area contributed by atoms with Crippen LogP contribution in [-0.2, 0) is 0 Å². The molecule has 2 aromatic rings. The van der Waals surface area contributed by atoms with E-state index in [1.165, 1.54) is 10.6 Å². The van der Waals surface area contributed by atoms with Crippen molar-refractivity contribution in [3.8, 4) is 5.69 Å². The van der Waals surface area contributed by atoms with Gasteiger partial charge in [-0.25, -0.2) is 13.8 Å². The summed E-state index contributed by atoms with van der Waals surface area (Å²) in [7, 11) is 0. The summed E-state index contributed by atoms with van der Waals surface area (Å²) in [6.07, 6.45) is -1.15. The van der Waals surface area contributed by atoms with Crippen molar-refractivity contribution in [3.63, 3.8) is 0 Å². The molecule has 2 N–H and O–H groups in total. The number of halogens is 4. The Balaban J connectivity index is 1.89. The predicted octanol–water partition coefficient (Wildman–Crippen LogP) is 4.19. The second kappa shape index (κ2) is 8.35. The maximum atomic E-state index is 12.8. The normalized spacial score (nSPS) is 20.5. The van der Waals surface area contributed by atoms with Crippen molar-refractivity contribution in [2.75, 3.05) is 18.0 Å². The number of rotatable bonds is 4. The van der Waals surface area contributed by atoms with Crippen molar-refractivity contribution in [1.82, 2.24) is 9.55 Å². The number of nitrogens with zero attached hydrogens (tertiary/aromatic N) is 3. The van der Waals surface area contributed by atoms with Crippen LogP contribution in [0.2, 0.25) is 10.0 Å². The standard InChI is InChI=1S/C19H22Cl2F2N4O/c1-12-25-16(26-8-3-6-19(24,7-9-26)11-15(22)23)10-17(28)27(12)14-5-2-4-13(20)18(14)21/h2,4-5,10,15H,3,6-9,11,24H2,1H3/t19-/m0/s1. The molecule has 0 amide bonds. The predicted molar refractivity (Wildman–Crippen MR) is 108 cm³/mol. The number of aryl methyl sites for hydroxylation is 1. The van der Waals surface area contributed by atoms with Gasteiger partial charge in [-0.15, -0.1) is 0 Å². The molecule has 0 unspecified atom stereocenters. The first-order valence-electron chi connectivity index (χ1n) is 9.07. The Kier molecular flexibility index (Phi) is 6.27. The van der Waals surface area contributed by atoms with E-state index in [9.17, 15) is 13.6 Å². The van der Waals surface area contributed by atoms with E-state index < -0.39 is 12.0 Å². The Labute approximate surface area is 172 Å². The van der Waals surface area contributed by atoms with Crippen LogP contribution in [0.4, 0.5) is 14.6 Å². The van der Waals surface area contributed by atoms with Crippen LogP contribution in [0.25, 0.3) is 5.69 Å². The van der Waals surface area contributed by atoms with Gasteiger partial charge >= 0.3 is 0 Å². The Bertz CT molecular complexity index is 921. The third-order valence-electron chi connectivity index (χ3n) is 5.11. The van der Waals surface area contributed by atoms with Crippen LogP contribution in [-0.4, -0.2) is 34.6 Å². The maximum Gasteiger partial charge on any atom is 0.260 e. The minimum atomic E-state index is -2.43. The highest BCUT2D eigenvalue weighted by atomic mass is 35.5. The lowest BCUT2D eigenvalue weighted by Crippen LogP contribution is -2.42. The Morgan fingerprint density at radius 1 is 1.29 bits per heavy atom. The molecule has 9 heteroatoms. The van der Waals surface area contributed by atoms with Gasteiger partial charge in [-0.1, -0.05) is 29.3 Å². The highest BCUT2D eigenvalue weighted by molar-refractivity contribution is 6.43. The molecule has 0 spiro atoms. The summed E-state index contributed by atoms with van der Waals surface area (Å²) in [6.45, 7) is 2.79. The van der Waals surface area contributed by atoms with Crippen LogP contribution >= 0.6 is 23.2 Å². The van der Waals surface area contributed by atoms with Gasteiger partial charge in [0.1, 0.15) is 11.6 Å². The van der Waals surface area contributed by atoms with Crippen molar-refractivity contribution in [2.45, 2.75) is 44.6 Å². The van der Waals surface area contributed by atoms with Crippen molar-refractivity contribution in [1.29, 1.82) is 0 Å². The molecule has 1 atom stereocenters. The van der Waals surface area contributed by atoms with Gasteiger partial charge in [0.05, 0.1) is 15.7 Å². The van der Waals surface area contributed by atoms with Crippen LogP contribution in [0, 0.1) is 6.92 Å². The number of anilines is 1. The van der Waals surface area contributed by atoms with Crippen molar-refractivity contribution < 1.29 is 8.78 Å². The fraction of sp³-hybridized carbons (Fsp3) is 0.474. The number of nitrogens with two attached hydrogens (primary N) is 1.